The van der Waals surface area contributed by atoms with Gasteiger partial charge in [-0.1, -0.05) is 29.8 Å². The minimum atomic E-state index is -0.319. The first-order chi connectivity index (χ1) is 10.6. The summed E-state index contributed by atoms with van der Waals surface area (Å²) >= 11 is 6.07. The number of hydrogen-bond acceptors (Lipinski definition) is 3. The van der Waals surface area contributed by atoms with Crippen molar-refractivity contribution < 1.29 is 4.79 Å². The van der Waals surface area contributed by atoms with Crippen molar-refractivity contribution in [1.29, 1.82) is 0 Å². The number of pyridine rings is 1. The lowest BCUT2D eigenvalue weighted by molar-refractivity contribution is -0.121. The molecule has 2 aromatic rings. The van der Waals surface area contributed by atoms with Gasteiger partial charge in [0.15, 0.2) is 0 Å². The minimum Gasteiger partial charge on any atom is -0.344 e. The van der Waals surface area contributed by atoms with E-state index in [1.807, 2.05) is 43.3 Å². The zero-order valence-corrected chi connectivity index (χ0v) is 15.7. The summed E-state index contributed by atoms with van der Waals surface area (Å²) in [4.78, 5) is 16.5. The van der Waals surface area contributed by atoms with Crippen LogP contribution < -0.4 is 11.1 Å². The third-order valence-electron chi connectivity index (χ3n) is 3.30. The second kappa shape index (κ2) is 11.3. The lowest BCUT2D eigenvalue weighted by Gasteiger charge is -2.19. The highest BCUT2D eigenvalue weighted by atomic mass is 35.5. The van der Waals surface area contributed by atoms with Gasteiger partial charge >= 0.3 is 0 Å². The van der Waals surface area contributed by atoms with Gasteiger partial charge in [-0.3, -0.25) is 9.78 Å². The van der Waals surface area contributed by atoms with E-state index in [1.165, 1.54) is 0 Å². The molecule has 0 radical (unpaired) electrons. The molecule has 0 aliphatic carbocycles. The van der Waals surface area contributed by atoms with Crippen molar-refractivity contribution >= 4 is 42.3 Å². The Morgan fingerprint density at radius 1 is 1.25 bits per heavy atom. The zero-order chi connectivity index (χ0) is 15.9. The van der Waals surface area contributed by atoms with Crippen LogP contribution in [0.5, 0.6) is 0 Å². The first-order valence-electron chi connectivity index (χ1n) is 7.27. The Bertz CT molecular complexity index is 623. The largest absolute Gasteiger partial charge is 0.344 e. The van der Waals surface area contributed by atoms with Gasteiger partial charge in [-0.15, -0.1) is 24.8 Å². The lowest BCUT2D eigenvalue weighted by atomic mass is 10.0. The van der Waals surface area contributed by atoms with Crippen LogP contribution in [0, 0.1) is 0 Å². The number of carbonyl (C=O) groups is 1. The summed E-state index contributed by atoms with van der Waals surface area (Å²) in [6.45, 7) is 1.89. The van der Waals surface area contributed by atoms with E-state index in [0.29, 0.717) is 17.9 Å². The Kier molecular flexibility index (Phi) is 10.6. The molecule has 0 aliphatic heterocycles. The molecule has 1 heterocycles. The molecule has 2 rings (SSSR count). The zero-order valence-electron chi connectivity index (χ0n) is 13.3. The van der Waals surface area contributed by atoms with Crippen molar-refractivity contribution in [2.45, 2.75) is 31.8 Å². The highest BCUT2D eigenvalue weighted by Crippen LogP contribution is 2.23. The van der Waals surface area contributed by atoms with E-state index in [0.717, 1.165) is 11.3 Å². The SMILES string of the molecule is CC(N)CCC(=O)NC(c1cccc(Cl)c1)c1ccccn1.Cl.Cl. The van der Waals surface area contributed by atoms with Gasteiger partial charge < -0.3 is 11.1 Å². The normalized spacial score (nSPS) is 12.3. The lowest BCUT2D eigenvalue weighted by Crippen LogP contribution is -2.31. The van der Waals surface area contributed by atoms with Crippen molar-refractivity contribution in [2.75, 3.05) is 0 Å². The Balaban J connectivity index is 0.00000264. The number of benzene rings is 1. The quantitative estimate of drug-likeness (QED) is 0.785. The van der Waals surface area contributed by atoms with Crippen LogP contribution in [-0.4, -0.2) is 16.9 Å². The van der Waals surface area contributed by atoms with Crippen molar-refractivity contribution in [2.24, 2.45) is 5.73 Å². The maximum Gasteiger partial charge on any atom is 0.220 e. The smallest absolute Gasteiger partial charge is 0.220 e. The minimum absolute atomic E-state index is 0. The Morgan fingerprint density at radius 2 is 2.00 bits per heavy atom. The summed E-state index contributed by atoms with van der Waals surface area (Å²) in [6.07, 6.45) is 2.75. The number of nitrogens with one attached hydrogen (secondary N) is 1. The molecule has 4 nitrogen and oxygen atoms in total. The van der Waals surface area contributed by atoms with E-state index in [9.17, 15) is 4.79 Å². The first kappa shape index (κ1) is 22.7. The molecule has 0 fully saturated rings. The van der Waals surface area contributed by atoms with E-state index in [2.05, 4.69) is 10.3 Å². The molecule has 0 saturated heterocycles. The molecule has 132 valence electrons. The molecule has 0 saturated carbocycles. The number of amides is 1. The molecule has 0 spiro atoms. The number of hydrogen-bond donors (Lipinski definition) is 2. The fourth-order valence-corrected chi connectivity index (χ4v) is 2.35. The third kappa shape index (κ3) is 7.05. The van der Waals surface area contributed by atoms with E-state index < -0.39 is 0 Å². The van der Waals surface area contributed by atoms with Crippen LogP contribution in [0.4, 0.5) is 0 Å². The number of halogens is 3. The molecule has 1 amide bonds. The average Bonchev–Trinajstić information content (AvgIpc) is 2.51. The van der Waals surface area contributed by atoms with Crippen LogP contribution in [0.25, 0.3) is 0 Å². The van der Waals surface area contributed by atoms with Crippen LogP contribution in [0.1, 0.15) is 37.1 Å². The predicted molar refractivity (Wildman–Crippen MR) is 103 cm³/mol. The molecule has 2 atom stereocenters. The van der Waals surface area contributed by atoms with Crippen LogP contribution in [0.3, 0.4) is 0 Å². The monoisotopic (exact) mass is 389 g/mol. The highest BCUT2D eigenvalue weighted by molar-refractivity contribution is 6.30. The van der Waals surface area contributed by atoms with Gasteiger partial charge in [0.2, 0.25) is 5.91 Å². The molecule has 24 heavy (non-hydrogen) atoms. The van der Waals surface area contributed by atoms with Crippen molar-refractivity contribution in [3.8, 4) is 0 Å². The molecule has 3 N–H and O–H groups in total. The average molecular weight is 391 g/mol. The summed E-state index contributed by atoms with van der Waals surface area (Å²) in [7, 11) is 0. The van der Waals surface area contributed by atoms with E-state index in [-0.39, 0.29) is 42.8 Å². The highest BCUT2D eigenvalue weighted by Gasteiger charge is 2.18. The van der Waals surface area contributed by atoms with Crippen molar-refractivity contribution in [3.05, 3.63) is 64.9 Å². The number of aromatic nitrogens is 1. The van der Waals surface area contributed by atoms with Crippen molar-refractivity contribution in [3.63, 3.8) is 0 Å². The van der Waals surface area contributed by atoms with Gasteiger partial charge in [-0.2, -0.15) is 0 Å². The molecule has 2 unspecified atom stereocenters. The second-order valence-corrected chi connectivity index (χ2v) is 5.76. The van der Waals surface area contributed by atoms with Gasteiger partial charge in [-0.25, -0.2) is 0 Å². The molecule has 0 aliphatic rings. The number of nitrogens with zero attached hydrogens (tertiary/aromatic N) is 1. The number of rotatable bonds is 6. The Morgan fingerprint density at radius 3 is 2.58 bits per heavy atom. The topological polar surface area (TPSA) is 68.0 Å². The first-order valence-corrected chi connectivity index (χ1v) is 7.65. The molecular weight excluding hydrogens is 369 g/mol. The van der Waals surface area contributed by atoms with E-state index >= 15 is 0 Å². The molecule has 1 aromatic carbocycles. The summed E-state index contributed by atoms with van der Waals surface area (Å²) < 4.78 is 0. The summed E-state index contributed by atoms with van der Waals surface area (Å²) in [5.74, 6) is -0.0482. The van der Waals surface area contributed by atoms with Crippen LogP contribution >= 0.6 is 36.4 Å². The maximum atomic E-state index is 12.2. The molecule has 7 heteroatoms. The van der Waals surface area contributed by atoms with Crippen molar-refractivity contribution in [1.82, 2.24) is 10.3 Å². The maximum absolute atomic E-state index is 12.2. The number of carbonyl (C=O) groups excluding carboxylic acids is 1. The van der Waals surface area contributed by atoms with Gasteiger partial charge in [0.05, 0.1) is 11.7 Å². The summed E-state index contributed by atoms with van der Waals surface area (Å²) in [6, 6.07) is 12.7. The molecule has 1 aromatic heterocycles. The van der Waals surface area contributed by atoms with Gasteiger partial charge in [0.25, 0.3) is 0 Å². The van der Waals surface area contributed by atoms with Crippen LogP contribution in [0.15, 0.2) is 48.7 Å². The fraction of sp³-hybridized carbons (Fsp3) is 0.294. The van der Waals surface area contributed by atoms with Gasteiger partial charge in [-0.05, 0) is 43.2 Å². The fourth-order valence-electron chi connectivity index (χ4n) is 2.15. The number of nitrogens with two attached hydrogens (primary N) is 1. The van der Waals surface area contributed by atoms with Gasteiger partial charge in [0.1, 0.15) is 0 Å². The Labute approximate surface area is 160 Å². The summed E-state index contributed by atoms with van der Waals surface area (Å²) in [5.41, 5.74) is 7.38. The molecular formula is C17H22Cl3N3O. The summed E-state index contributed by atoms with van der Waals surface area (Å²) in [5, 5.41) is 3.64. The van der Waals surface area contributed by atoms with Crippen LogP contribution in [-0.2, 0) is 4.79 Å². The molecule has 0 bridgehead atoms. The van der Waals surface area contributed by atoms with E-state index in [4.69, 9.17) is 17.3 Å². The van der Waals surface area contributed by atoms with Crippen LogP contribution in [0.2, 0.25) is 5.02 Å². The third-order valence-corrected chi connectivity index (χ3v) is 3.53. The van der Waals surface area contributed by atoms with Gasteiger partial charge in [0, 0.05) is 23.7 Å². The second-order valence-electron chi connectivity index (χ2n) is 5.33. The van der Waals surface area contributed by atoms with E-state index in [1.54, 1.807) is 12.3 Å². The Hall–Kier alpha value is -1.33. The predicted octanol–water partition coefficient (Wildman–Crippen LogP) is 3.91. The standard InChI is InChI=1S/C17H20ClN3O.2ClH/c1-12(19)8-9-16(22)21-17(15-7-2-3-10-20-15)13-5-4-6-14(18)11-13;;/h2-7,10-12,17H,8-9,19H2,1H3,(H,21,22);2*1H.